The van der Waals surface area contributed by atoms with Crippen molar-refractivity contribution < 1.29 is 13.9 Å². The van der Waals surface area contributed by atoms with Gasteiger partial charge in [0.15, 0.2) is 0 Å². The number of benzene rings is 1. The molecule has 5 heteroatoms. The van der Waals surface area contributed by atoms with Gasteiger partial charge in [-0.25, -0.2) is 4.39 Å². The van der Waals surface area contributed by atoms with Crippen molar-refractivity contribution in [1.82, 2.24) is 5.32 Å². The van der Waals surface area contributed by atoms with Crippen molar-refractivity contribution in [2.75, 3.05) is 26.9 Å². The van der Waals surface area contributed by atoms with E-state index >= 15 is 0 Å². The highest BCUT2D eigenvalue weighted by molar-refractivity contribution is 6.30. The molecule has 1 aromatic carbocycles. The lowest BCUT2D eigenvalue weighted by Crippen LogP contribution is -2.43. The summed E-state index contributed by atoms with van der Waals surface area (Å²) in [5.74, 6) is -0.390. The Bertz CT molecular complexity index is 435. The fourth-order valence-corrected chi connectivity index (χ4v) is 2.32. The zero-order chi connectivity index (χ0) is 13.9. The lowest BCUT2D eigenvalue weighted by molar-refractivity contribution is -0.0172. The normalized spacial score (nSPS) is 24.6. The van der Waals surface area contributed by atoms with E-state index in [-0.39, 0.29) is 16.7 Å². The van der Waals surface area contributed by atoms with E-state index in [0.29, 0.717) is 13.2 Å². The van der Waals surface area contributed by atoms with E-state index in [1.807, 2.05) is 13.0 Å². The SMILES string of the molecule is COC1(CNC(C)c2ccc(Cl)c(F)c2)CCOC1. The van der Waals surface area contributed by atoms with E-state index in [9.17, 15) is 4.39 Å². The molecule has 0 aromatic heterocycles. The summed E-state index contributed by atoms with van der Waals surface area (Å²) in [6, 6.07) is 4.90. The Morgan fingerprint density at radius 3 is 2.95 bits per heavy atom. The van der Waals surface area contributed by atoms with E-state index in [1.165, 1.54) is 6.07 Å². The number of nitrogens with one attached hydrogen (secondary N) is 1. The van der Waals surface area contributed by atoms with Gasteiger partial charge in [-0.2, -0.15) is 0 Å². The molecule has 0 radical (unpaired) electrons. The summed E-state index contributed by atoms with van der Waals surface area (Å²) >= 11 is 5.68. The average molecular weight is 288 g/mol. The molecule has 3 nitrogen and oxygen atoms in total. The Morgan fingerprint density at radius 1 is 1.58 bits per heavy atom. The van der Waals surface area contributed by atoms with Crippen LogP contribution in [0.5, 0.6) is 0 Å². The van der Waals surface area contributed by atoms with E-state index in [4.69, 9.17) is 21.1 Å². The largest absolute Gasteiger partial charge is 0.378 e. The fourth-order valence-electron chi connectivity index (χ4n) is 2.20. The minimum Gasteiger partial charge on any atom is -0.378 e. The predicted octanol–water partition coefficient (Wildman–Crippen LogP) is 2.94. The zero-order valence-electron chi connectivity index (χ0n) is 11.2. The van der Waals surface area contributed by atoms with Gasteiger partial charge in [0.25, 0.3) is 0 Å². The van der Waals surface area contributed by atoms with Crippen molar-refractivity contribution >= 4 is 11.6 Å². The molecule has 1 aliphatic rings. The van der Waals surface area contributed by atoms with Crippen molar-refractivity contribution in [3.8, 4) is 0 Å². The molecule has 0 bridgehead atoms. The molecule has 0 spiro atoms. The van der Waals surface area contributed by atoms with E-state index in [2.05, 4.69) is 5.32 Å². The van der Waals surface area contributed by atoms with Crippen molar-refractivity contribution in [1.29, 1.82) is 0 Å². The number of hydrogen-bond donors (Lipinski definition) is 1. The molecule has 2 unspecified atom stereocenters. The first-order valence-corrected chi connectivity index (χ1v) is 6.75. The highest BCUT2D eigenvalue weighted by Gasteiger charge is 2.34. The van der Waals surface area contributed by atoms with Crippen LogP contribution in [0.25, 0.3) is 0 Å². The van der Waals surface area contributed by atoms with Crippen LogP contribution in [0.2, 0.25) is 5.02 Å². The van der Waals surface area contributed by atoms with Gasteiger partial charge in [0.1, 0.15) is 11.4 Å². The lowest BCUT2D eigenvalue weighted by Gasteiger charge is -2.28. The Kier molecular flexibility index (Phi) is 4.79. The maximum atomic E-state index is 13.4. The van der Waals surface area contributed by atoms with Crippen LogP contribution >= 0.6 is 11.6 Å². The van der Waals surface area contributed by atoms with Crippen LogP contribution in [-0.2, 0) is 9.47 Å². The van der Waals surface area contributed by atoms with Crippen LogP contribution < -0.4 is 5.32 Å². The zero-order valence-corrected chi connectivity index (χ0v) is 12.0. The van der Waals surface area contributed by atoms with Crippen LogP contribution in [0, 0.1) is 5.82 Å². The van der Waals surface area contributed by atoms with Gasteiger partial charge in [-0.05, 0) is 24.6 Å². The molecule has 106 valence electrons. The molecule has 0 aliphatic carbocycles. The first-order valence-electron chi connectivity index (χ1n) is 6.37. The van der Waals surface area contributed by atoms with Crippen LogP contribution in [-0.4, -0.2) is 32.5 Å². The standard InChI is InChI=1S/C14H19ClFNO2/c1-10(11-3-4-12(15)13(16)7-11)17-8-14(18-2)5-6-19-9-14/h3-4,7,10,17H,5-6,8-9H2,1-2H3. The summed E-state index contributed by atoms with van der Waals surface area (Å²) in [6.07, 6.45) is 0.873. The molecule has 19 heavy (non-hydrogen) atoms. The second kappa shape index (κ2) is 6.18. The molecular formula is C14H19ClFNO2. The lowest BCUT2D eigenvalue weighted by atomic mass is 10.0. The molecule has 2 atom stereocenters. The number of hydrogen-bond acceptors (Lipinski definition) is 3. The summed E-state index contributed by atoms with van der Waals surface area (Å²) in [5.41, 5.74) is 0.603. The topological polar surface area (TPSA) is 30.5 Å². The van der Waals surface area contributed by atoms with E-state index in [0.717, 1.165) is 18.6 Å². The van der Waals surface area contributed by atoms with Gasteiger partial charge in [-0.15, -0.1) is 0 Å². The monoisotopic (exact) mass is 287 g/mol. The molecule has 1 heterocycles. The quantitative estimate of drug-likeness (QED) is 0.903. The van der Waals surface area contributed by atoms with Gasteiger partial charge in [-0.1, -0.05) is 17.7 Å². The first-order chi connectivity index (χ1) is 9.06. The minimum absolute atomic E-state index is 0.0272. The molecule has 0 amide bonds. The van der Waals surface area contributed by atoms with Gasteiger partial charge in [0.2, 0.25) is 0 Å². The fraction of sp³-hybridized carbons (Fsp3) is 0.571. The van der Waals surface area contributed by atoms with Crippen LogP contribution in [0.3, 0.4) is 0 Å². The Morgan fingerprint density at radius 2 is 2.37 bits per heavy atom. The summed E-state index contributed by atoms with van der Waals surface area (Å²) < 4.78 is 24.3. The second-order valence-electron chi connectivity index (χ2n) is 4.97. The molecule has 1 N–H and O–H groups in total. The number of halogens is 2. The number of ether oxygens (including phenoxy) is 2. The third kappa shape index (κ3) is 3.45. The van der Waals surface area contributed by atoms with Crippen molar-refractivity contribution in [3.05, 3.63) is 34.6 Å². The summed E-state index contributed by atoms with van der Waals surface area (Å²) in [7, 11) is 1.70. The predicted molar refractivity (Wildman–Crippen MR) is 73.0 cm³/mol. The third-order valence-electron chi connectivity index (χ3n) is 3.67. The van der Waals surface area contributed by atoms with Gasteiger partial charge in [0, 0.05) is 32.7 Å². The van der Waals surface area contributed by atoms with Gasteiger partial charge >= 0.3 is 0 Å². The first kappa shape index (κ1) is 14.7. The maximum absolute atomic E-state index is 13.4. The van der Waals surface area contributed by atoms with E-state index in [1.54, 1.807) is 13.2 Å². The van der Waals surface area contributed by atoms with E-state index < -0.39 is 5.82 Å². The molecule has 1 fully saturated rings. The molecule has 0 saturated carbocycles. The smallest absolute Gasteiger partial charge is 0.142 e. The minimum atomic E-state index is -0.390. The molecule has 1 saturated heterocycles. The maximum Gasteiger partial charge on any atom is 0.142 e. The van der Waals surface area contributed by atoms with Gasteiger partial charge < -0.3 is 14.8 Å². The van der Waals surface area contributed by atoms with Gasteiger partial charge in [-0.3, -0.25) is 0 Å². The molecule has 1 aliphatic heterocycles. The van der Waals surface area contributed by atoms with Crippen LogP contribution in [0.1, 0.15) is 24.9 Å². The van der Waals surface area contributed by atoms with Crippen LogP contribution in [0.4, 0.5) is 4.39 Å². The summed E-state index contributed by atoms with van der Waals surface area (Å²) in [5, 5.41) is 3.51. The Hall–Kier alpha value is -0.680. The Labute approximate surface area is 118 Å². The Balaban J connectivity index is 1.96. The third-order valence-corrected chi connectivity index (χ3v) is 3.98. The van der Waals surface area contributed by atoms with Crippen molar-refractivity contribution in [2.24, 2.45) is 0 Å². The second-order valence-corrected chi connectivity index (χ2v) is 5.37. The van der Waals surface area contributed by atoms with Crippen molar-refractivity contribution in [2.45, 2.75) is 25.0 Å². The van der Waals surface area contributed by atoms with Crippen molar-refractivity contribution in [3.63, 3.8) is 0 Å². The molecular weight excluding hydrogens is 269 g/mol. The number of methoxy groups -OCH3 is 1. The molecule has 2 rings (SSSR count). The number of rotatable bonds is 5. The highest BCUT2D eigenvalue weighted by atomic mass is 35.5. The van der Waals surface area contributed by atoms with Gasteiger partial charge in [0.05, 0.1) is 11.6 Å². The average Bonchev–Trinajstić information content (AvgIpc) is 2.89. The summed E-state index contributed by atoms with van der Waals surface area (Å²) in [4.78, 5) is 0. The van der Waals surface area contributed by atoms with Crippen LogP contribution in [0.15, 0.2) is 18.2 Å². The summed E-state index contributed by atoms with van der Waals surface area (Å²) in [6.45, 7) is 3.98. The highest BCUT2D eigenvalue weighted by Crippen LogP contribution is 2.24. The molecule has 1 aromatic rings.